The molecule has 1 aliphatic rings. The first-order chi connectivity index (χ1) is 12.2. The molecule has 138 valence electrons. The molecule has 1 aromatic heterocycles. The van der Waals surface area contributed by atoms with Crippen molar-refractivity contribution in [1.29, 1.82) is 0 Å². The maximum Gasteiger partial charge on any atom is 0.285 e. The third-order valence-electron chi connectivity index (χ3n) is 3.82. The minimum atomic E-state index is -4.07. The van der Waals surface area contributed by atoms with E-state index in [9.17, 15) is 21.6 Å². The van der Waals surface area contributed by atoms with Crippen molar-refractivity contribution >= 4 is 49.1 Å². The fourth-order valence-electron chi connectivity index (χ4n) is 2.31. The zero-order chi connectivity index (χ0) is 18.9. The summed E-state index contributed by atoms with van der Waals surface area (Å²) < 4.78 is 52.7. The van der Waals surface area contributed by atoms with Crippen LogP contribution in [0.4, 0.5) is 5.69 Å². The summed E-state index contributed by atoms with van der Waals surface area (Å²) >= 11 is 1.44. The van der Waals surface area contributed by atoms with E-state index >= 15 is 0 Å². The number of sulfonamides is 1. The molecule has 1 aliphatic heterocycles. The van der Waals surface area contributed by atoms with Crippen LogP contribution in [0.15, 0.2) is 49.9 Å². The standard InChI is InChI=1S/C15H15N3O5S3/c1-10(15(19)16-8-11-3-2-6-24-11)25(20,21)12-4-5-13-14(7-12)26(22,23)18-9-17-13/h2-7,9-10H,8H2,1H3,(H,16,19)(H,17,18). The van der Waals surface area contributed by atoms with Crippen molar-refractivity contribution in [3.05, 3.63) is 40.6 Å². The first-order valence-electron chi connectivity index (χ1n) is 7.45. The second-order valence-electron chi connectivity index (χ2n) is 5.50. The highest BCUT2D eigenvalue weighted by Crippen LogP contribution is 2.29. The SMILES string of the molecule is CC(C(=O)NCc1cccs1)S(=O)(=O)c1ccc2c(c1)S(=O)(=O)N=CN2. The van der Waals surface area contributed by atoms with Crippen LogP contribution in [-0.2, 0) is 31.2 Å². The summed E-state index contributed by atoms with van der Waals surface area (Å²) in [4.78, 5) is 12.6. The number of amides is 1. The Hall–Kier alpha value is -2.24. The minimum Gasteiger partial charge on any atom is -0.350 e. The maximum atomic E-state index is 12.7. The van der Waals surface area contributed by atoms with Gasteiger partial charge in [-0.1, -0.05) is 6.07 Å². The third-order valence-corrected chi connectivity index (χ3v) is 8.03. The van der Waals surface area contributed by atoms with Crippen LogP contribution < -0.4 is 10.6 Å². The van der Waals surface area contributed by atoms with E-state index in [0.29, 0.717) is 0 Å². The lowest BCUT2D eigenvalue weighted by atomic mass is 10.3. The van der Waals surface area contributed by atoms with E-state index in [1.165, 1.54) is 30.4 Å². The molecule has 1 aromatic carbocycles. The smallest absolute Gasteiger partial charge is 0.285 e. The van der Waals surface area contributed by atoms with Gasteiger partial charge in [-0.25, -0.2) is 8.42 Å². The van der Waals surface area contributed by atoms with E-state index in [-0.39, 0.29) is 22.0 Å². The quantitative estimate of drug-likeness (QED) is 0.763. The topological polar surface area (TPSA) is 122 Å². The summed E-state index contributed by atoms with van der Waals surface area (Å²) in [6.07, 6.45) is 1.02. The lowest BCUT2D eigenvalue weighted by Gasteiger charge is -2.16. The lowest BCUT2D eigenvalue weighted by molar-refractivity contribution is -0.120. The van der Waals surface area contributed by atoms with Gasteiger partial charge in [0.15, 0.2) is 9.84 Å². The molecule has 1 amide bonds. The van der Waals surface area contributed by atoms with Gasteiger partial charge in [-0.05, 0) is 36.6 Å². The predicted octanol–water partition coefficient (Wildman–Crippen LogP) is 1.37. The van der Waals surface area contributed by atoms with Crippen LogP contribution in [-0.4, -0.2) is 34.3 Å². The van der Waals surface area contributed by atoms with Gasteiger partial charge in [0.25, 0.3) is 10.0 Å². The van der Waals surface area contributed by atoms with Crippen molar-refractivity contribution in [2.75, 3.05) is 5.32 Å². The summed E-state index contributed by atoms with van der Waals surface area (Å²) in [7, 11) is -8.03. The van der Waals surface area contributed by atoms with Gasteiger partial charge in [-0.15, -0.1) is 15.7 Å². The van der Waals surface area contributed by atoms with Gasteiger partial charge in [0.05, 0.1) is 17.1 Å². The van der Waals surface area contributed by atoms with Crippen LogP contribution >= 0.6 is 11.3 Å². The van der Waals surface area contributed by atoms with Crippen LogP contribution in [0.5, 0.6) is 0 Å². The molecule has 26 heavy (non-hydrogen) atoms. The number of rotatable bonds is 5. The van der Waals surface area contributed by atoms with Crippen LogP contribution in [0.25, 0.3) is 0 Å². The number of thiophene rings is 1. The highest BCUT2D eigenvalue weighted by atomic mass is 32.2. The molecule has 3 rings (SSSR count). The number of benzene rings is 1. The molecule has 0 fully saturated rings. The van der Waals surface area contributed by atoms with E-state index in [1.807, 2.05) is 17.5 Å². The summed E-state index contributed by atoms with van der Waals surface area (Å²) in [5.74, 6) is -0.657. The largest absolute Gasteiger partial charge is 0.350 e. The van der Waals surface area contributed by atoms with Crippen molar-refractivity contribution < 1.29 is 21.6 Å². The molecule has 0 saturated heterocycles. The van der Waals surface area contributed by atoms with Crippen molar-refractivity contribution in [1.82, 2.24) is 5.32 Å². The van der Waals surface area contributed by atoms with Crippen molar-refractivity contribution in [3.63, 3.8) is 0 Å². The van der Waals surface area contributed by atoms with E-state index in [1.54, 1.807) is 0 Å². The normalized spacial score (nSPS) is 16.3. The number of nitrogens with one attached hydrogen (secondary N) is 2. The summed E-state index contributed by atoms with van der Waals surface area (Å²) in [6, 6.07) is 7.27. The van der Waals surface area contributed by atoms with E-state index in [2.05, 4.69) is 15.0 Å². The molecule has 8 nitrogen and oxygen atoms in total. The zero-order valence-electron chi connectivity index (χ0n) is 13.5. The van der Waals surface area contributed by atoms with E-state index < -0.39 is 31.0 Å². The van der Waals surface area contributed by atoms with E-state index in [0.717, 1.165) is 17.3 Å². The molecule has 1 atom stereocenters. The highest BCUT2D eigenvalue weighted by Gasteiger charge is 2.32. The number of hydrogen-bond acceptors (Lipinski definition) is 7. The number of carbonyl (C=O) groups is 1. The fourth-order valence-corrected chi connectivity index (χ4v) is 5.33. The Morgan fingerprint density at radius 1 is 1.35 bits per heavy atom. The van der Waals surface area contributed by atoms with Gasteiger partial charge in [-0.2, -0.15) is 8.42 Å². The molecule has 0 aliphatic carbocycles. The Labute approximate surface area is 154 Å². The molecule has 2 N–H and O–H groups in total. The molecule has 0 spiro atoms. The fraction of sp³-hybridized carbons (Fsp3) is 0.200. The second-order valence-corrected chi connectivity index (χ2v) is 10.4. The number of sulfone groups is 1. The average Bonchev–Trinajstić information content (AvgIpc) is 3.12. The van der Waals surface area contributed by atoms with Crippen molar-refractivity contribution in [2.24, 2.45) is 4.40 Å². The van der Waals surface area contributed by atoms with Gasteiger partial charge in [0.2, 0.25) is 5.91 Å². The summed E-state index contributed by atoms with van der Waals surface area (Å²) in [5, 5.41) is 5.70. The van der Waals surface area contributed by atoms with Crippen molar-refractivity contribution in [2.45, 2.75) is 28.5 Å². The monoisotopic (exact) mass is 413 g/mol. The minimum absolute atomic E-state index is 0.230. The van der Waals surface area contributed by atoms with Gasteiger partial charge in [0.1, 0.15) is 16.5 Å². The van der Waals surface area contributed by atoms with Crippen LogP contribution in [0, 0.1) is 0 Å². The average molecular weight is 414 g/mol. The molecule has 11 heteroatoms. The van der Waals surface area contributed by atoms with Gasteiger partial charge in [-0.3, -0.25) is 4.79 Å². The molecule has 0 radical (unpaired) electrons. The Morgan fingerprint density at radius 3 is 2.81 bits per heavy atom. The Balaban J connectivity index is 1.85. The molecule has 1 unspecified atom stereocenters. The zero-order valence-corrected chi connectivity index (χ0v) is 16.0. The molecule has 2 aromatic rings. The maximum absolute atomic E-state index is 12.7. The van der Waals surface area contributed by atoms with Crippen molar-refractivity contribution in [3.8, 4) is 0 Å². The Bertz CT molecular complexity index is 1070. The second kappa shape index (κ2) is 6.82. The van der Waals surface area contributed by atoms with Crippen LogP contribution in [0.1, 0.15) is 11.8 Å². The molecular formula is C15H15N3O5S3. The molecule has 0 saturated carbocycles. The first-order valence-corrected chi connectivity index (χ1v) is 11.3. The predicted molar refractivity (Wildman–Crippen MR) is 98.6 cm³/mol. The number of hydrogen-bond donors (Lipinski definition) is 2. The summed E-state index contributed by atoms with van der Waals surface area (Å²) in [6.45, 7) is 1.50. The number of nitrogens with zero attached hydrogens (tertiary/aromatic N) is 1. The molecular weight excluding hydrogens is 398 g/mol. The Kier molecular flexibility index (Phi) is 4.86. The van der Waals surface area contributed by atoms with Crippen LogP contribution in [0.2, 0.25) is 0 Å². The molecule has 2 heterocycles. The summed E-state index contributed by atoms with van der Waals surface area (Å²) in [5.41, 5.74) is 0.230. The van der Waals surface area contributed by atoms with Crippen LogP contribution in [0.3, 0.4) is 0 Å². The van der Waals surface area contributed by atoms with Gasteiger partial charge in [0, 0.05) is 4.88 Å². The molecule has 0 bridgehead atoms. The first kappa shape index (κ1) is 18.5. The third kappa shape index (κ3) is 3.50. The lowest BCUT2D eigenvalue weighted by Crippen LogP contribution is -2.37. The van der Waals surface area contributed by atoms with Gasteiger partial charge >= 0.3 is 0 Å². The number of carbonyl (C=O) groups excluding carboxylic acids is 1. The van der Waals surface area contributed by atoms with E-state index in [4.69, 9.17) is 0 Å². The number of anilines is 1. The highest BCUT2D eigenvalue weighted by molar-refractivity contribution is 7.93. The Morgan fingerprint density at radius 2 is 2.12 bits per heavy atom. The number of fused-ring (bicyclic) bond motifs is 1. The van der Waals surface area contributed by atoms with Gasteiger partial charge < -0.3 is 10.6 Å².